The Labute approximate surface area is 127 Å². The van der Waals surface area contributed by atoms with E-state index in [1.54, 1.807) is 0 Å². The number of nitrogens with zero attached hydrogens (tertiary/aromatic N) is 2. The van der Waals surface area contributed by atoms with E-state index in [1.165, 1.54) is 5.56 Å². The SMILES string of the molecule is Cc1ccc2c(c1)-n1nccc1-c1cc3c(cc1N2)OCO3. The lowest BCUT2D eigenvalue weighted by atomic mass is 10.1. The van der Waals surface area contributed by atoms with Gasteiger partial charge in [-0.2, -0.15) is 5.10 Å². The van der Waals surface area contributed by atoms with Gasteiger partial charge >= 0.3 is 0 Å². The summed E-state index contributed by atoms with van der Waals surface area (Å²) >= 11 is 0. The van der Waals surface area contributed by atoms with E-state index in [-0.39, 0.29) is 6.79 Å². The molecule has 0 radical (unpaired) electrons. The molecule has 0 saturated heterocycles. The summed E-state index contributed by atoms with van der Waals surface area (Å²) in [5.74, 6) is 1.54. The second-order valence-electron chi connectivity index (χ2n) is 5.52. The summed E-state index contributed by atoms with van der Waals surface area (Å²) in [6.07, 6.45) is 1.82. The third-order valence-corrected chi connectivity index (χ3v) is 4.08. The van der Waals surface area contributed by atoms with Crippen molar-refractivity contribution < 1.29 is 9.47 Å². The zero-order chi connectivity index (χ0) is 14.7. The molecule has 3 aromatic rings. The van der Waals surface area contributed by atoms with Gasteiger partial charge in [0, 0.05) is 11.6 Å². The number of fused-ring (bicyclic) bond motifs is 6. The van der Waals surface area contributed by atoms with E-state index in [4.69, 9.17) is 9.47 Å². The van der Waals surface area contributed by atoms with E-state index >= 15 is 0 Å². The Morgan fingerprint density at radius 2 is 1.91 bits per heavy atom. The van der Waals surface area contributed by atoms with Gasteiger partial charge in [-0.25, -0.2) is 4.68 Å². The molecule has 1 aromatic heterocycles. The number of rotatable bonds is 0. The van der Waals surface area contributed by atoms with E-state index < -0.39 is 0 Å². The monoisotopic (exact) mass is 291 g/mol. The van der Waals surface area contributed by atoms with Crippen molar-refractivity contribution in [2.45, 2.75) is 6.92 Å². The molecule has 5 nitrogen and oxygen atoms in total. The van der Waals surface area contributed by atoms with Crippen molar-refractivity contribution >= 4 is 11.4 Å². The predicted molar refractivity (Wildman–Crippen MR) is 83.1 cm³/mol. The molecule has 3 heterocycles. The molecule has 1 N–H and O–H groups in total. The molecule has 0 aliphatic carbocycles. The molecule has 22 heavy (non-hydrogen) atoms. The molecule has 5 heteroatoms. The quantitative estimate of drug-likeness (QED) is 0.537. The van der Waals surface area contributed by atoms with Crippen LogP contribution < -0.4 is 14.8 Å². The number of ether oxygens (including phenoxy) is 2. The van der Waals surface area contributed by atoms with Gasteiger partial charge in [0.1, 0.15) is 0 Å². The van der Waals surface area contributed by atoms with Crippen molar-refractivity contribution in [3.8, 4) is 28.4 Å². The molecule has 0 fully saturated rings. The summed E-state index contributed by atoms with van der Waals surface area (Å²) in [7, 11) is 0. The van der Waals surface area contributed by atoms with Gasteiger partial charge in [-0.05, 0) is 36.8 Å². The van der Waals surface area contributed by atoms with Gasteiger partial charge in [0.25, 0.3) is 0 Å². The number of nitrogens with one attached hydrogen (secondary N) is 1. The first-order valence-electron chi connectivity index (χ1n) is 7.16. The summed E-state index contributed by atoms with van der Waals surface area (Å²) < 4.78 is 13.0. The molecular formula is C17H13N3O2. The van der Waals surface area contributed by atoms with Crippen LogP contribution in [0.1, 0.15) is 5.56 Å². The smallest absolute Gasteiger partial charge is 0.231 e. The van der Waals surface area contributed by atoms with E-state index in [2.05, 4.69) is 35.5 Å². The van der Waals surface area contributed by atoms with Crippen LogP contribution in [0.15, 0.2) is 42.6 Å². The molecule has 0 spiro atoms. The fraction of sp³-hybridized carbons (Fsp3) is 0.118. The first-order valence-corrected chi connectivity index (χ1v) is 7.16. The van der Waals surface area contributed by atoms with Crippen molar-refractivity contribution in [3.63, 3.8) is 0 Å². The molecule has 0 unspecified atom stereocenters. The van der Waals surface area contributed by atoms with Crippen LogP contribution in [-0.2, 0) is 0 Å². The minimum absolute atomic E-state index is 0.271. The van der Waals surface area contributed by atoms with Crippen molar-refractivity contribution in [1.82, 2.24) is 9.78 Å². The van der Waals surface area contributed by atoms with E-state index in [1.807, 2.05) is 29.1 Å². The van der Waals surface area contributed by atoms with E-state index in [9.17, 15) is 0 Å². The number of hydrogen-bond acceptors (Lipinski definition) is 4. The number of hydrogen-bond donors (Lipinski definition) is 1. The van der Waals surface area contributed by atoms with E-state index in [0.717, 1.165) is 39.8 Å². The second-order valence-corrected chi connectivity index (χ2v) is 5.52. The maximum atomic E-state index is 5.51. The van der Waals surface area contributed by atoms with Crippen LogP contribution in [0.25, 0.3) is 16.9 Å². The third kappa shape index (κ3) is 1.50. The zero-order valence-corrected chi connectivity index (χ0v) is 12.0. The van der Waals surface area contributed by atoms with Crippen LogP contribution in [0.5, 0.6) is 11.5 Å². The Morgan fingerprint density at radius 3 is 2.82 bits per heavy atom. The average molecular weight is 291 g/mol. The van der Waals surface area contributed by atoms with Gasteiger partial charge in [-0.3, -0.25) is 0 Å². The number of benzene rings is 2. The number of aryl methyl sites for hydroxylation is 1. The van der Waals surface area contributed by atoms with Crippen LogP contribution >= 0.6 is 0 Å². The summed E-state index contributed by atoms with van der Waals surface area (Å²) in [6.45, 7) is 2.35. The highest BCUT2D eigenvalue weighted by molar-refractivity contribution is 5.88. The molecule has 0 bridgehead atoms. The van der Waals surface area contributed by atoms with Crippen LogP contribution in [0.3, 0.4) is 0 Å². The van der Waals surface area contributed by atoms with Crippen molar-refractivity contribution in [2.24, 2.45) is 0 Å². The lowest BCUT2D eigenvalue weighted by molar-refractivity contribution is 0.174. The highest BCUT2D eigenvalue weighted by Gasteiger charge is 2.24. The minimum Gasteiger partial charge on any atom is -0.454 e. The largest absolute Gasteiger partial charge is 0.454 e. The topological polar surface area (TPSA) is 48.3 Å². The average Bonchev–Trinajstić information content (AvgIpc) is 3.14. The van der Waals surface area contributed by atoms with Crippen LogP contribution in [0, 0.1) is 6.92 Å². The summed E-state index contributed by atoms with van der Waals surface area (Å²) in [5, 5.41) is 7.99. The van der Waals surface area contributed by atoms with Crippen molar-refractivity contribution in [3.05, 3.63) is 48.2 Å². The van der Waals surface area contributed by atoms with Gasteiger partial charge < -0.3 is 14.8 Å². The molecule has 0 amide bonds. The predicted octanol–water partition coefficient (Wildman–Crippen LogP) is 3.63. The van der Waals surface area contributed by atoms with Gasteiger partial charge in [-0.1, -0.05) is 6.07 Å². The van der Waals surface area contributed by atoms with Gasteiger partial charge in [0.15, 0.2) is 11.5 Å². The van der Waals surface area contributed by atoms with Gasteiger partial charge in [-0.15, -0.1) is 0 Å². The lowest BCUT2D eigenvalue weighted by Gasteiger charge is -2.10. The molecular weight excluding hydrogens is 278 g/mol. The molecule has 2 aliphatic heterocycles. The van der Waals surface area contributed by atoms with Crippen molar-refractivity contribution in [2.75, 3.05) is 12.1 Å². The molecule has 0 atom stereocenters. The molecule has 5 rings (SSSR count). The van der Waals surface area contributed by atoms with Gasteiger partial charge in [0.2, 0.25) is 6.79 Å². The Kier molecular flexibility index (Phi) is 2.14. The Bertz CT molecular complexity index is 914. The van der Waals surface area contributed by atoms with Crippen LogP contribution in [-0.4, -0.2) is 16.6 Å². The zero-order valence-electron chi connectivity index (χ0n) is 12.0. The van der Waals surface area contributed by atoms with Crippen LogP contribution in [0.2, 0.25) is 0 Å². The Hall–Kier alpha value is -2.95. The maximum Gasteiger partial charge on any atom is 0.231 e. The standard InChI is InChI=1S/C17H13N3O2/c1-10-2-3-12-15(6-10)20-14(4-5-18-20)11-7-16-17(22-9-21-16)8-13(11)19-12/h2-8,19H,9H2,1H3. The first kappa shape index (κ1) is 11.7. The third-order valence-electron chi connectivity index (χ3n) is 4.08. The summed E-state index contributed by atoms with van der Waals surface area (Å²) in [6, 6.07) is 12.3. The fourth-order valence-corrected chi connectivity index (χ4v) is 3.02. The fourth-order valence-electron chi connectivity index (χ4n) is 3.02. The Morgan fingerprint density at radius 1 is 1.05 bits per heavy atom. The lowest BCUT2D eigenvalue weighted by Crippen LogP contribution is -1.99. The van der Waals surface area contributed by atoms with E-state index in [0.29, 0.717) is 0 Å². The molecule has 0 saturated carbocycles. The number of aromatic nitrogens is 2. The second kappa shape index (κ2) is 4.04. The first-order chi connectivity index (χ1) is 10.8. The summed E-state index contributed by atoms with van der Waals surface area (Å²) in [5.41, 5.74) is 6.34. The highest BCUT2D eigenvalue weighted by Crippen LogP contribution is 2.45. The summed E-state index contributed by atoms with van der Waals surface area (Å²) in [4.78, 5) is 0. The molecule has 108 valence electrons. The molecule has 2 aliphatic rings. The van der Waals surface area contributed by atoms with Gasteiger partial charge in [0.05, 0.1) is 29.0 Å². The number of anilines is 2. The highest BCUT2D eigenvalue weighted by atomic mass is 16.7. The minimum atomic E-state index is 0.271. The molecule has 2 aromatic carbocycles. The van der Waals surface area contributed by atoms with Crippen molar-refractivity contribution in [1.29, 1.82) is 0 Å². The van der Waals surface area contributed by atoms with Crippen LogP contribution in [0.4, 0.5) is 11.4 Å². The maximum absolute atomic E-state index is 5.51. The Balaban J connectivity index is 1.84. The normalized spacial score (nSPS) is 13.7.